The van der Waals surface area contributed by atoms with E-state index >= 15 is 0 Å². The smallest absolute Gasteiger partial charge is 0.199 e. The van der Waals surface area contributed by atoms with Crippen LogP contribution < -0.4 is 0 Å². The van der Waals surface area contributed by atoms with Crippen LogP contribution in [-0.4, -0.2) is 24.3 Å². The second-order valence-corrected chi connectivity index (χ2v) is 2.03. The van der Waals surface area contributed by atoms with E-state index in [4.69, 9.17) is 28.6 Å². The summed E-state index contributed by atoms with van der Waals surface area (Å²) >= 11 is 10.7. The molecule has 0 aliphatic rings. The van der Waals surface area contributed by atoms with Crippen molar-refractivity contribution >= 4 is 29.1 Å². The van der Waals surface area contributed by atoms with Gasteiger partial charge in [-0.2, -0.15) is 0 Å². The van der Waals surface area contributed by atoms with Crippen molar-refractivity contribution in [2.24, 2.45) is 0 Å². The molecule has 0 heterocycles. The first-order valence-electron chi connectivity index (χ1n) is 2.04. The van der Waals surface area contributed by atoms with Crippen LogP contribution in [0.25, 0.3) is 0 Å². The van der Waals surface area contributed by atoms with Gasteiger partial charge in [-0.3, -0.25) is 5.41 Å². The van der Waals surface area contributed by atoms with Crippen LogP contribution in [0, 0.1) is 5.41 Å². The first kappa shape index (κ1) is 8.05. The van der Waals surface area contributed by atoms with Crippen LogP contribution in [0.2, 0.25) is 0 Å². The molecule has 0 bridgehead atoms. The highest BCUT2D eigenvalue weighted by atomic mass is 35.5. The zero-order chi connectivity index (χ0) is 6.57. The number of rotatable bonds is 2. The average Bonchev–Trinajstić information content (AvgIpc) is 1.84. The Morgan fingerprint density at radius 1 is 1.88 bits per heavy atom. The van der Waals surface area contributed by atoms with Gasteiger partial charge in [0, 0.05) is 5.88 Å². The van der Waals surface area contributed by atoms with E-state index in [0.717, 1.165) is 0 Å². The van der Waals surface area contributed by atoms with E-state index in [-0.39, 0.29) is 11.8 Å². The number of halogens is 2. The Hall–Kier alpha value is 0.0500. The second-order valence-electron chi connectivity index (χ2n) is 1.19. The quantitative estimate of drug-likeness (QED) is 0.366. The molecule has 1 atom stereocenters. The van der Waals surface area contributed by atoms with Crippen LogP contribution >= 0.6 is 23.2 Å². The lowest BCUT2D eigenvalue weighted by Crippen LogP contribution is -2.16. The summed E-state index contributed by atoms with van der Waals surface area (Å²) in [5, 5.41) is 6.42. The van der Waals surface area contributed by atoms with Crippen LogP contribution in [-0.2, 0) is 4.74 Å². The minimum atomic E-state index is -0.485. The zero-order valence-electron chi connectivity index (χ0n) is 4.45. The van der Waals surface area contributed by atoms with Crippen LogP contribution in [0.5, 0.6) is 0 Å². The minimum Gasteiger partial charge on any atom is -0.483 e. The van der Waals surface area contributed by atoms with E-state index in [9.17, 15) is 0 Å². The van der Waals surface area contributed by atoms with Crippen LogP contribution in [0.3, 0.4) is 0 Å². The molecule has 0 aromatic carbocycles. The average molecular weight is 156 g/mol. The van der Waals surface area contributed by atoms with Gasteiger partial charge >= 0.3 is 0 Å². The lowest BCUT2D eigenvalue weighted by atomic mass is 10.5. The molecule has 0 aromatic rings. The molecule has 0 aliphatic heterocycles. The molecular formula is C4H7Cl2NO. The van der Waals surface area contributed by atoms with E-state index < -0.39 is 5.38 Å². The first-order chi connectivity index (χ1) is 3.72. The van der Waals surface area contributed by atoms with Crippen LogP contribution in [0.1, 0.15) is 0 Å². The number of ether oxygens (including phenoxy) is 1. The molecule has 8 heavy (non-hydrogen) atoms. The summed E-state index contributed by atoms with van der Waals surface area (Å²) in [7, 11) is 1.39. The largest absolute Gasteiger partial charge is 0.483 e. The van der Waals surface area contributed by atoms with Gasteiger partial charge in [-0.15, -0.1) is 23.2 Å². The van der Waals surface area contributed by atoms with Crippen molar-refractivity contribution in [3.8, 4) is 0 Å². The maximum Gasteiger partial charge on any atom is 0.199 e. The van der Waals surface area contributed by atoms with Gasteiger partial charge in [0.05, 0.1) is 7.11 Å². The summed E-state index contributed by atoms with van der Waals surface area (Å²) in [6.07, 6.45) is 0. The number of alkyl halides is 2. The third-order valence-corrected chi connectivity index (χ3v) is 1.46. The molecule has 0 amide bonds. The number of nitrogens with one attached hydrogen (secondary N) is 1. The van der Waals surface area contributed by atoms with Gasteiger partial charge in [-0.1, -0.05) is 0 Å². The number of hydrogen-bond acceptors (Lipinski definition) is 2. The standard InChI is InChI=1S/C4H7Cl2NO/c1-8-4(7)3(6)2-5/h3,7H,2H2,1H3. The van der Waals surface area contributed by atoms with E-state index in [1.54, 1.807) is 0 Å². The van der Waals surface area contributed by atoms with Crippen molar-refractivity contribution in [3.05, 3.63) is 0 Å². The highest BCUT2D eigenvalue weighted by Gasteiger charge is 2.07. The fourth-order valence-corrected chi connectivity index (χ4v) is 0.427. The highest BCUT2D eigenvalue weighted by Crippen LogP contribution is 1.99. The lowest BCUT2D eigenvalue weighted by molar-refractivity contribution is 0.389. The molecule has 0 radical (unpaired) electrons. The first-order valence-corrected chi connectivity index (χ1v) is 3.02. The summed E-state index contributed by atoms with van der Waals surface area (Å²) in [5.41, 5.74) is 0. The van der Waals surface area contributed by atoms with Crippen molar-refractivity contribution in [2.75, 3.05) is 13.0 Å². The van der Waals surface area contributed by atoms with Crippen molar-refractivity contribution < 1.29 is 4.74 Å². The molecule has 0 fully saturated rings. The maximum atomic E-state index is 6.90. The SMILES string of the molecule is COC(=N)C(Cl)CCl. The van der Waals surface area contributed by atoms with E-state index in [1.807, 2.05) is 0 Å². The summed E-state index contributed by atoms with van der Waals surface area (Å²) < 4.78 is 4.47. The van der Waals surface area contributed by atoms with Gasteiger partial charge in [0.25, 0.3) is 0 Å². The fourth-order valence-electron chi connectivity index (χ4n) is 0.198. The Bertz CT molecular complexity index is 86.1. The molecule has 0 spiro atoms. The summed E-state index contributed by atoms with van der Waals surface area (Å²) in [4.78, 5) is 0. The Kier molecular flexibility index (Phi) is 4.01. The molecule has 0 saturated carbocycles. The zero-order valence-corrected chi connectivity index (χ0v) is 5.96. The van der Waals surface area contributed by atoms with Crippen LogP contribution in [0.15, 0.2) is 0 Å². The van der Waals surface area contributed by atoms with Crippen molar-refractivity contribution in [1.29, 1.82) is 5.41 Å². The van der Waals surface area contributed by atoms with Gasteiger partial charge in [0.1, 0.15) is 5.38 Å². The van der Waals surface area contributed by atoms with Crippen molar-refractivity contribution in [1.82, 2.24) is 0 Å². The highest BCUT2D eigenvalue weighted by molar-refractivity contribution is 6.35. The number of hydrogen-bond donors (Lipinski definition) is 1. The summed E-state index contributed by atoms with van der Waals surface area (Å²) in [5.74, 6) is 0.232. The molecule has 1 N–H and O–H groups in total. The lowest BCUT2D eigenvalue weighted by Gasteiger charge is -2.03. The predicted octanol–water partition coefficient (Wildman–Crippen LogP) is 1.46. The van der Waals surface area contributed by atoms with Crippen molar-refractivity contribution in [2.45, 2.75) is 5.38 Å². The molecule has 0 saturated heterocycles. The third-order valence-electron chi connectivity index (χ3n) is 0.640. The second kappa shape index (κ2) is 3.98. The maximum absolute atomic E-state index is 6.90. The van der Waals surface area contributed by atoms with Gasteiger partial charge in [-0.05, 0) is 0 Å². The molecule has 0 aromatic heterocycles. The normalized spacial score (nSPS) is 12.9. The minimum absolute atomic E-state index is 0.0154. The van der Waals surface area contributed by atoms with E-state index in [1.165, 1.54) is 7.11 Å². The summed E-state index contributed by atoms with van der Waals surface area (Å²) in [6, 6.07) is 0. The molecule has 0 rings (SSSR count). The molecule has 0 aliphatic carbocycles. The molecule has 4 heteroatoms. The monoisotopic (exact) mass is 155 g/mol. The molecule has 2 nitrogen and oxygen atoms in total. The Morgan fingerprint density at radius 2 is 2.38 bits per heavy atom. The van der Waals surface area contributed by atoms with Gasteiger partial charge in [-0.25, -0.2) is 0 Å². The number of methoxy groups -OCH3 is 1. The van der Waals surface area contributed by atoms with Gasteiger partial charge in [0.2, 0.25) is 0 Å². The molecular weight excluding hydrogens is 149 g/mol. The topological polar surface area (TPSA) is 33.1 Å². The third kappa shape index (κ3) is 2.38. The Morgan fingerprint density at radius 3 is 2.50 bits per heavy atom. The van der Waals surface area contributed by atoms with Gasteiger partial charge in [0.15, 0.2) is 5.90 Å². The summed E-state index contributed by atoms with van der Waals surface area (Å²) in [6.45, 7) is 0. The van der Waals surface area contributed by atoms with Gasteiger partial charge < -0.3 is 4.74 Å². The van der Waals surface area contributed by atoms with E-state index in [2.05, 4.69) is 4.74 Å². The predicted molar refractivity (Wildman–Crippen MR) is 35.1 cm³/mol. The van der Waals surface area contributed by atoms with Crippen LogP contribution in [0.4, 0.5) is 0 Å². The molecule has 1 unspecified atom stereocenters. The Balaban J connectivity index is 3.46. The van der Waals surface area contributed by atoms with E-state index in [0.29, 0.717) is 0 Å². The Labute approximate surface area is 58.2 Å². The van der Waals surface area contributed by atoms with Crippen molar-refractivity contribution in [3.63, 3.8) is 0 Å². The molecule has 48 valence electrons. The fraction of sp³-hybridized carbons (Fsp3) is 0.750.